The molecule has 76 valence electrons. The van der Waals surface area contributed by atoms with Gasteiger partial charge in [-0.25, -0.2) is 4.98 Å². The van der Waals surface area contributed by atoms with Crippen molar-refractivity contribution in [3.05, 3.63) is 34.8 Å². The zero-order chi connectivity index (χ0) is 10.7. The van der Waals surface area contributed by atoms with Gasteiger partial charge >= 0.3 is 0 Å². The van der Waals surface area contributed by atoms with Gasteiger partial charge in [0.2, 0.25) is 0 Å². The number of hydrogen-bond donors (Lipinski definition) is 1. The molecule has 0 bridgehead atoms. The second kappa shape index (κ2) is 4.46. The molecule has 2 rings (SSSR count). The molecule has 0 aliphatic carbocycles. The lowest BCUT2D eigenvalue weighted by Crippen LogP contribution is -2.10. The molecule has 0 aliphatic heterocycles. The fourth-order valence-electron chi connectivity index (χ4n) is 1.17. The summed E-state index contributed by atoms with van der Waals surface area (Å²) >= 11 is 6.39. The molecule has 0 unspecified atom stereocenters. The molecule has 0 aromatic carbocycles. The van der Waals surface area contributed by atoms with Gasteiger partial charge in [0, 0.05) is 18.0 Å². The Bertz CT molecular complexity index is 465. The molecule has 0 atom stereocenters. The molecule has 0 amide bonds. The van der Waals surface area contributed by atoms with E-state index in [9.17, 15) is 0 Å². The van der Waals surface area contributed by atoms with Crippen LogP contribution in [0.3, 0.4) is 0 Å². The number of pyridine rings is 1. The van der Waals surface area contributed by atoms with E-state index in [1.54, 1.807) is 17.5 Å². The van der Waals surface area contributed by atoms with Crippen molar-refractivity contribution in [1.29, 1.82) is 0 Å². The van der Waals surface area contributed by atoms with Crippen molar-refractivity contribution in [1.82, 2.24) is 9.97 Å². The lowest BCUT2D eigenvalue weighted by atomic mass is 10.3. The first-order valence-corrected chi connectivity index (χ1v) is 5.68. The van der Waals surface area contributed by atoms with Gasteiger partial charge in [-0.2, -0.15) is 0 Å². The zero-order valence-corrected chi connectivity index (χ0v) is 9.52. The summed E-state index contributed by atoms with van der Waals surface area (Å²) in [6, 6.07) is 5.75. The van der Waals surface area contributed by atoms with Crippen LogP contribution in [0.2, 0.25) is 0 Å². The maximum atomic E-state index is 5.45. The van der Waals surface area contributed by atoms with Crippen LogP contribution in [0, 0.1) is 0 Å². The topological polar surface area (TPSA) is 51.8 Å². The van der Waals surface area contributed by atoms with Crippen LogP contribution in [-0.2, 0) is 6.42 Å². The molecule has 2 heterocycles. The molecule has 0 aliphatic rings. The number of aromatic nitrogens is 2. The Morgan fingerprint density at radius 3 is 2.93 bits per heavy atom. The highest BCUT2D eigenvalue weighted by Crippen LogP contribution is 2.19. The van der Waals surface area contributed by atoms with Crippen LogP contribution in [-0.4, -0.2) is 15.0 Å². The third kappa shape index (κ3) is 2.57. The number of hydrogen-bond acceptors (Lipinski definition) is 4. The third-order valence-electron chi connectivity index (χ3n) is 1.80. The molecule has 0 fully saturated rings. The molecule has 2 aromatic heterocycles. The van der Waals surface area contributed by atoms with Gasteiger partial charge in [0.15, 0.2) is 0 Å². The van der Waals surface area contributed by atoms with E-state index in [4.69, 9.17) is 18.0 Å². The van der Waals surface area contributed by atoms with Crippen molar-refractivity contribution >= 4 is 28.5 Å². The quantitative estimate of drug-likeness (QED) is 0.827. The number of rotatable bonds is 3. The molecule has 0 saturated carbocycles. The molecule has 0 radical (unpaired) electrons. The van der Waals surface area contributed by atoms with E-state index in [-0.39, 0.29) is 0 Å². The normalized spacial score (nSPS) is 10.1. The Morgan fingerprint density at radius 2 is 2.27 bits per heavy atom. The summed E-state index contributed by atoms with van der Waals surface area (Å²) in [4.78, 5) is 9.10. The van der Waals surface area contributed by atoms with Gasteiger partial charge in [-0.15, -0.1) is 11.3 Å². The van der Waals surface area contributed by atoms with E-state index in [1.165, 1.54) is 0 Å². The largest absolute Gasteiger partial charge is 0.393 e. The number of thiazole rings is 1. The fraction of sp³-hybridized carbons (Fsp3) is 0.100. The summed E-state index contributed by atoms with van der Waals surface area (Å²) in [6.07, 6.45) is 2.31. The Balaban J connectivity index is 2.24. The molecule has 5 heteroatoms. The first-order chi connectivity index (χ1) is 7.25. The molecular weight excluding hydrogens is 226 g/mol. The molecule has 2 aromatic rings. The maximum absolute atomic E-state index is 5.45. The smallest absolute Gasteiger partial charge is 0.100 e. The molecule has 2 N–H and O–H groups in total. The summed E-state index contributed by atoms with van der Waals surface area (Å²) in [7, 11) is 0. The number of thiocarbonyl (C=S) groups is 1. The Kier molecular flexibility index (Phi) is 3.03. The van der Waals surface area contributed by atoms with Gasteiger partial charge in [0.05, 0.1) is 16.4 Å². The first kappa shape index (κ1) is 10.2. The standard InChI is InChI=1S/C10H9N3S2/c11-9(14)5-10-13-8(6-15-10)7-3-1-2-4-12-7/h1-4,6H,5H2,(H2,11,14). The van der Waals surface area contributed by atoms with Crippen molar-refractivity contribution in [2.24, 2.45) is 5.73 Å². The van der Waals surface area contributed by atoms with Crippen LogP contribution in [0.5, 0.6) is 0 Å². The SMILES string of the molecule is NC(=S)Cc1nc(-c2ccccn2)cs1. The van der Waals surface area contributed by atoms with Gasteiger partial charge in [0.25, 0.3) is 0 Å². The van der Waals surface area contributed by atoms with Crippen molar-refractivity contribution in [3.63, 3.8) is 0 Å². The second-order valence-electron chi connectivity index (χ2n) is 2.98. The predicted molar refractivity (Wildman–Crippen MR) is 65.8 cm³/mol. The van der Waals surface area contributed by atoms with E-state index < -0.39 is 0 Å². The summed E-state index contributed by atoms with van der Waals surface area (Å²) < 4.78 is 0. The van der Waals surface area contributed by atoms with E-state index in [0.29, 0.717) is 11.4 Å². The average Bonchev–Trinajstić information content (AvgIpc) is 2.67. The monoisotopic (exact) mass is 235 g/mol. The van der Waals surface area contributed by atoms with Crippen LogP contribution < -0.4 is 5.73 Å². The van der Waals surface area contributed by atoms with Crippen molar-refractivity contribution in [2.75, 3.05) is 0 Å². The summed E-state index contributed by atoms with van der Waals surface area (Å²) in [5, 5.41) is 2.90. The Morgan fingerprint density at radius 1 is 1.40 bits per heavy atom. The van der Waals surface area contributed by atoms with E-state index >= 15 is 0 Å². The van der Waals surface area contributed by atoms with Crippen molar-refractivity contribution in [3.8, 4) is 11.4 Å². The average molecular weight is 235 g/mol. The summed E-state index contributed by atoms with van der Waals surface area (Å²) in [5.41, 5.74) is 7.21. The van der Waals surface area contributed by atoms with Gasteiger partial charge in [-0.05, 0) is 12.1 Å². The molecule has 15 heavy (non-hydrogen) atoms. The van der Waals surface area contributed by atoms with Gasteiger partial charge in [0.1, 0.15) is 5.01 Å². The maximum Gasteiger partial charge on any atom is 0.100 e. The lowest BCUT2D eigenvalue weighted by molar-refractivity contribution is 1.20. The number of nitrogens with zero attached hydrogens (tertiary/aromatic N) is 2. The summed E-state index contributed by atoms with van der Waals surface area (Å²) in [5.74, 6) is 0. The highest BCUT2D eigenvalue weighted by atomic mass is 32.1. The van der Waals surface area contributed by atoms with Crippen molar-refractivity contribution < 1.29 is 0 Å². The summed E-state index contributed by atoms with van der Waals surface area (Å²) in [6.45, 7) is 0. The molecule has 0 saturated heterocycles. The number of nitrogens with two attached hydrogens (primary N) is 1. The van der Waals surface area contributed by atoms with Crippen LogP contribution in [0.25, 0.3) is 11.4 Å². The zero-order valence-electron chi connectivity index (χ0n) is 7.88. The first-order valence-electron chi connectivity index (χ1n) is 4.40. The van der Waals surface area contributed by atoms with Crippen molar-refractivity contribution in [2.45, 2.75) is 6.42 Å². The molecule has 0 spiro atoms. The highest BCUT2D eigenvalue weighted by Gasteiger charge is 2.05. The van der Waals surface area contributed by atoms with Crippen LogP contribution >= 0.6 is 23.6 Å². The fourth-order valence-corrected chi connectivity index (χ4v) is 2.21. The van der Waals surface area contributed by atoms with Gasteiger partial charge in [-0.1, -0.05) is 18.3 Å². The van der Waals surface area contributed by atoms with Crippen LogP contribution in [0.15, 0.2) is 29.8 Å². The minimum absolute atomic E-state index is 0.469. The molecular formula is C10H9N3S2. The molecule has 3 nitrogen and oxygen atoms in total. The third-order valence-corrected chi connectivity index (χ3v) is 2.80. The highest BCUT2D eigenvalue weighted by molar-refractivity contribution is 7.80. The van der Waals surface area contributed by atoms with Crippen LogP contribution in [0.4, 0.5) is 0 Å². The van der Waals surface area contributed by atoms with E-state index in [1.807, 2.05) is 23.6 Å². The van der Waals surface area contributed by atoms with E-state index in [2.05, 4.69) is 9.97 Å². The Hall–Kier alpha value is -1.33. The second-order valence-corrected chi connectivity index (χ2v) is 4.45. The lowest BCUT2D eigenvalue weighted by Gasteiger charge is -1.93. The minimum Gasteiger partial charge on any atom is -0.393 e. The van der Waals surface area contributed by atoms with Gasteiger partial charge < -0.3 is 5.73 Å². The minimum atomic E-state index is 0.469. The Labute approximate surface area is 97.0 Å². The van der Waals surface area contributed by atoms with Gasteiger partial charge in [-0.3, -0.25) is 4.98 Å². The van der Waals surface area contributed by atoms with E-state index in [0.717, 1.165) is 16.4 Å². The van der Waals surface area contributed by atoms with Crippen LogP contribution in [0.1, 0.15) is 5.01 Å². The predicted octanol–water partition coefficient (Wildman–Crippen LogP) is 2.03.